The number of amides is 3. The van der Waals surface area contributed by atoms with Crippen molar-refractivity contribution < 1.29 is 29.4 Å². The molecule has 0 saturated carbocycles. The number of phenols is 1. The minimum absolute atomic E-state index is 0.0858. The molecule has 40 heavy (non-hydrogen) atoms. The normalized spacial score (nSPS) is 16.9. The molecule has 1 fully saturated rings. The van der Waals surface area contributed by atoms with Gasteiger partial charge in [-0.15, -0.1) is 0 Å². The van der Waals surface area contributed by atoms with Crippen LogP contribution in [-0.2, 0) is 25.6 Å². The highest BCUT2D eigenvalue weighted by Crippen LogP contribution is 2.20. The monoisotopic (exact) mass is 562 g/mol. The lowest BCUT2D eigenvalue weighted by Crippen LogP contribution is -2.57. The molecule has 1 aliphatic rings. The molecule has 12 N–H and O–H groups in total. The molecule has 1 aromatic carbocycles. The fraction of sp³-hybridized carbons (Fsp3) is 0.577. The number of carbonyl (C=O) groups is 4. The number of aliphatic imine (C=N–C) groups is 1. The summed E-state index contributed by atoms with van der Waals surface area (Å²) in [6.07, 6.45) is 3.03. The molecule has 4 unspecified atom stereocenters. The molecule has 14 nitrogen and oxygen atoms in total. The summed E-state index contributed by atoms with van der Waals surface area (Å²) >= 11 is 0. The van der Waals surface area contributed by atoms with E-state index in [0.29, 0.717) is 38.6 Å². The van der Waals surface area contributed by atoms with E-state index in [1.807, 2.05) is 0 Å². The molecule has 0 spiro atoms. The van der Waals surface area contributed by atoms with E-state index in [1.54, 1.807) is 12.1 Å². The maximum absolute atomic E-state index is 13.6. The van der Waals surface area contributed by atoms with Crippen LogP contribution in [0.1, 0.15) is 50.5 Å². The highest BCUT2D eigenvalue weighted by Gasteiger charge is 2.39. The number of carbonyl (C=O) groups excluding carboxylic acids is 3. The predicted molar refractivity (Wildman–Crippen MR) is 149 cm³/mol. The van der Waals surface area contributed by atoms with Gasteiger partial charge in [0, 0.05) is 13.1 Å². The third-order valence-corrected chi connectivity index (χ3v) is 6.69. The average Bonchev–Trinajstić information content (AvgIpc) is 3.40. The van der Waals surface area contributed by atoms with Crippen molar-refractivity contribution in [3.8, 4) is 5.75 Å². The summed E-state index contributed by atoms with van der Waals surface area (Å²) in [5.74, 6) is -2.75. The number of guanidine groups is 1. The van der Waals surface area contributed by atoms with Gasteiger partial charge < -0.3 is 48.7 Å². The fourth-order valence-electron chi connectivity index (χ4n) is 4.54. The van der Waals surface area contributed by atoms with Crippen LogP contribution in [0.4, 0.5) is 0 Å². The lowest BCUT2D eigenvalue weighted by atomic mass is 10.0. The van der Waals surface area contributed by atoms with E-state index < -0.39 is 47.9 Å². The van der Waals surface area contributed by atoms with Crippen LogP contribution < -0.4 is 33.6 Å². The van der Waals surface area contributed by atoms with E-state index in [2.05, 4.69) is 15.6 Å². The van der Waals surface area contributed by atoms with Crippen LogP contribution >= 0.6 is 0 Å². The predicted octanol–water partition coefficient (Wildman–Crippen LogP) is -1.51. The van der Waals surface area contributed by atoms with Crippen molar-refractivity contribution in [2.75, 3.05) is 19.6 Å². The van der Waals surface area contributed by atoms with Crippen molar-refractivity contribution in [1.82, 2.24) is 15.5 Å². The second-order valence-corrected chi connectivity index (χ2v) is 9.86. The Kier molecular flexibility index (Phi) is 13.1. The summed E-state index contributed by atoms with van der Waals surface area (Å²) in [4.78, 5) is 56.6. The van der Waals surface area contributed by atoms with Gasteiger partial charge in [-0.2, -0.15) is 0 Å². The van der Waals surface area contributed by atoms with E-state index in [4.69, 9.17) is 22.9 Å². The van der Waals surface area contributed by atoms with E-state index in [0.717, 1.165) is 5.56 Å². The first kappa shape index (κ1) is 32.3. The topological polar surface area (TPSA) is 252 Å². The van der Waals surface area contributed by atoms with Crippen LogP contribution in [0.3, 0.4) is 0 Å². The molecule has 1 aliphatic heterocycles. The Bertz CT molecular complexity index is 1030. The van der Waals surface area contributed by atoms with Crippen LogP contribution in [0, 0.1) is 0 Å². The molecular weight excluding hydrogens is 520 g/mol. The van der Waals surface area contributed by atoms with Gasteiger partial charge >= 0.3 is 5.97 Å². The standard InChI is InChI=1S/C26H42N8O6/c27-12-2-1-5-20(25(39)40)33-23(37)21-7-4-14-34(21)24(38)19(6-3-13-31-26(29)30)32-22(36)18(28)15-16-8-10-17(35)11-9-16/h8-11,18-21,35H,1-7,12-15,27-28H2,(H,32,36)(H,33,37)(H,39,40)(H4,29,30,31). The van der Waals surface area contributed by atoms with Gasteiger partial charge in [0.2, 0.25) is 17.7 Å². The van der Waals surface area contributed by atoms with Gasteiger partial charge in [-0.25, -0.2) is 4.79 Å². The second-order valence-electron chi connectivity index (χ2n) is 9.86. The number of nitrogens with two attached hydrogens (primary N) is 4. The molecule has 0 bridgehead atoms. The molecule has 1 aromatic rings. The van der Waals surface area contributed by atoms with Gasteiger partial charge in [0.15, 0.2) is 5.96 Å². The van der Waals surface area contributed by atoms with Gasteiger partial charge in [0.25, 0.3) is 0 Å². The number of rotatable bonds is 16. The van der Waals surface area contributed by atoms with E-state index in [1.165, 1.54) is 17.0 Å². The molecule has 0 radical (unpaired) electrons. The third kappa shape index (κ3) is 10.3. The smallest absolute Gasteiger partial charge is 0.326 e. The van der Waals surface area contributed by atoms with Gasteiger partial charge in [-0.05, 0) is 75.6 Å². The average molecular weight is 563 g/mol. The van der Waals surface area contributed by atoms with E-state index in [9.17, 15) is 29.4 Å². The van der Waals surface area contributed by atoms with Crippen molar-refractivity contribution in [1.29, 1.82) is 0 Å². The number of aliphatic carboxylic acids is 1. The number of carboxylic acid groups (broad SMARTS) is 1. The Labute approximate surface area is 233 Å². The highest BCUT2D eigenvalue weighted by atomic mass is 16.4. The first-order valence-electron chi connectivity index (χ1n) is 13.5. The zero-order valence-electron chi connectivity index (χ0n) is 22.6. The second kappa shape index (κ2) is 16.3. The molecule has 1 heterocycles. The summed E-state index contributed by atoms with van der Waals surface area (Å²) in [5, 5.41) is 24.3. The van der Waals surface area contributed by atoms with Crippen molar-refractivity contribution in [3.63, 3.8) is 0 Å². The summed E-state index contributed by atoms with van der Waals surface area (Å²) in [7, 11) is 0. The van der Waals surface area contributed by atoms with Gasteiger partial charge in [0.1, 0.15) is 23.9 Å². The maximum atomic E-state index is 13.6. The van der Waals surface area contributed by atoms with Crippen molar-refractivity contribution in [3.05, 3.63) is 29.8 Å². The van der Waals surface area contributed by atoms with Crippen molar-refractivity contribution in [2.24, 2.45) is 27.9 Å². The van der Waals surface area contributed by atoms with Gasteiger partial charge in [0.05, 0.1) is 6.04 Å². The first-order chi connectivity index (χ1) is 19.0. The Morgan fingerprint density at radius 2 is 1.70 bits per heavy atom. The molecule has 14 heteroatoms. The lowest BCUT2D eigenvalue weighted by Gasteiger charge is -2.30. The Hall–Kier alpha value is -3.91. The lowest BCUT2D eigenvalue weighted by molar-refractivity contribution is -0.145. The van der Waals surface area contributed by atoms with Crippen molar-refractivity contribution in [2.45, 2.75) is 75.5 Å². The number of phenolic OH excluding ortho intramolecular Hbond substituents is 1. The number of likely N-dealkylation sites (tertiary alicyclic amines) is 1. The van der Waals surface area contributed by atoms with Gasteiger partial charge in [-0.3, -0.25) is 19.4 Å². The number of nitrogens with one attached hydrogen (secondary N) is 2. The Morgan fingerprint density at radius 3 is 2.33 bits per heavy atom. The maximum Gasteiger partial charge on any atom is 0.326 e. The number of hydrogen-bond acceptors (Lipinski definition) is 8. The summed E-state index contributed by atoms with van der Waals surface area (Å²) < 4.78 is 0. The van der Waals surface area contributed by atoms with Crippen LogP contribution in [0.2, 0.25) is 0 Å². The van der Waals surface area contributed by atoms with Crippen LogP contribution in [-0.4, -0.2) is 88.6 Å². The number of benzene rings is 1. The molecule has 0 aliphatic carbocycles. The number of carboxylic acids is 1. The Balaban J connectivity index is 2.12. The molecule has 2 rings (SSSR count). The molecule has 222 valence electrons. The highest BCUT2D eigenvalue weighted by molar-refractivity contribution is 5.94. The summed E-state index contributed by atoms with van der Waals surface area (Å²) in [6, 6.07) is 2.34. The number of hydrogen-bond donors (Lipinski definition) is 8. The number of aromatic hydroxyl groups is 1. The minimum atomic E-state index is -1.16. The van der Waals surface area contributed by atoms with E-state index in [-0.39, 0.29) is 44.1 Å². The molecule has 3 amide bonds. The number of unbranched alkanes of at least 4 members (excludes halogenated alkanes) is 1. The fourth-order valence-corrected chi connectivity index (χ4v) is 4.54. The molecule has 0 aromatic heterocycles. The zero-order valence-corrected chi connectivity index (χ0v) is 22.6. The number of nitrogens with zero attached hydrogens (tertiary/aromatic N) is 2. The van der Waals surface area contributed by atoms with Crippen LogP contribution in [0.25, 0.3) is 0 Å². The minimum Gasteiger partial charge on any atom is -0.508 e. The SMILES string of the molecule is NCCCCC(NC(=O)C1CCCN1C(=O)C(CCCN=C(N)N)NC(=O)C(N)Cc1ccc(O)cc1)C(=O)O. The first-order valence-corrected chi connectivity index (χ1v) is 13.5. The van der Waals surface area contributed by atoms with Crippen molar-refractivity contribution >= 4 is 29.7 Å². The quantitative estimate of drug-likeness (QED) is 0.0656. The van der Waals surface area contributed by atoms with Gasteiger partial charge in [-0.1, -0.05) is 12.1 Å². The molecule has 1 saturated heterocycles. The zero-order chi connectivity index (χ0) is 29.7. The third-order valence-electron chi connectivity index (χ3n) is 6.69. The molecule has 4 atom stereocenters. The largest absolute Gasteiger partial charge is 0.508 e. The van der Waals surface area contributed by atoms with E-state index >= 15 is 0 Å². The Morgan fingerprint density at radius 1 is 1.02 bits per heavy atom. The van der Waals surface area contributed by atoms with Crippen LogP contribution in [0.5, 0.6) is 5.75 Å². The summed E-state index contributed by atoms with van der Waals surface area (Å²) in [6.45, 7) is 0.927. The van der Waals surface area contributed by atoms with Crippen LogP contribution in [0.15, 0.2) is 29.3 Å². The summed E-state index contributed by atoms with van der Waals surface area (Å²) in [5.41, 5.74) is 23.1. The molecular formula is C26H42N8O6.